The van der Waals surface area contributed by atoms with Crippen molar-refractivity contribution in [2.75, 3.05) is 17.4 Å². The first-order chi connectivity index (χ1) is 14.6. The first-order valence-corrected chi connectivity index (χ1v) is 11.8. The molecule has 154 valence electrons. The van der Waals surface area contributed by atoms with Crippen LogP contribution < -0.4 is 5.01 Å². The number of hydrogen-bond acceptors (Lipinski definition) is 6. The Kier molecular flexibility index (Phi) is 6.41. The zero-order chi connectivity index (χ0) is 21.1. The van der Waals surface area contributed by atoms with Crippen molar-refractivity contribution in [3.05, 3.63) is 64.9 Å². The minimum Gasteiger partial charge on any atom is -0.497 e. The fourth-order valence-electron chi connectivity index (χ4n) is 3.11. The first kappa shape index (κ1) is 20.9. The number of thiazole rings is 1. The smallest absolute Gasteiger partial charge is 0.286 e. The molecule has 5 nitrogen and oxygen atoms in total. The highest BCUT2D eigenvalue weighted by Crippen LogP contribution is 2.34. The highest BCUT2D eigenvalue weighted by Gasteiger charge is 2.35. The zero-order valence-electron chi connectivity index (χ0n) is 16.6. The topological polar surface area (TPSA) is 54.8 Å². The molecule has 3 aromatic rings. The van der Waals surface area contributed by atoms with Gasteiger partial charge in [0.15, 0.2) is 0 Å². The van der Waals surface area contributed by atoms with Gasteiger partial charge in [-0.3, -0.25) is 4.79 Å². The Morgan fingerprint density at radius 3 is 2.63 bits per heavy atom. The van der Waals surface area contributed by atoms with E-state index in [4.69, 9.17) is 16.3 Å². The number of aromatic nitrogens is 1. The second-order valence-electron chi connectivity index (χ2n) is 6.46. The van der Waals surface area contributed by atoms with E-state index in [-0.39, 0.29) is 5.91 Å². The van der Waals surface area contributed by atoms with E-state index in [1.807, 2.05) is 62.4 Å². The third kappa shape index (κ3) is 4.24. The molecular weight excluding hydrogens is 438 g/mol. The Balaban J connectivity index is 1.69. The second kappa shape index (κ2) is 9.20. The molecule has 2 aromatic carbocycles. The lowest BCUT2D eigenvalue weighted by Crippen LogP contribution is -2.23. The summed E-state index contributed by atoms with van der Waals surface area (Å²) in [5.74, 6) is 1.02. The molecule has 0 bridgehead atoms. The van der Waals surface area contributed by atoms with E-state index in [2.05, 4.69) is 10.1 Å². The number of nitrogens with zero attached hydrogens (tertiary/aromatic N) is 3. The molecule has 4 rings (SSSR count). The molecule has 0 unspecified atom stereocenters. The molecule has 0 saturated heterocycles. The van der Waals surface area contributed by atoms with Gasteiger partial charge in [-0.25, -0.2) is 4.98 Å². The van der Waals surface area contributed by atoms with Crippen molar-refractivity contribution < 1.29 is 9.53 Å². The van der Waals surface area contributed by atoms with Crippen LogP contribution in [0.15, 0.2) is 69.9 Å². The number of para-hydroxylation sites is 1. The summed E-state index contributed by atoms with van der Waals surface area (Å²) in [7, 11) is 0. The maximum Gasteiger partial charge on any atom is 0.286 e. The van der Waals surface area contributed by atoms with Crippen molar-refractivity contribution in [1.29, 1.82) is 0 Å². The summed E-state index contributed by atoms with van der Waals surface area (Å²) in [6.07, 6.45) is 0.618. The van der Waals surface area contributed by atoms with Gasteiger partial charge in [-0.2, -0.15) is 10.1 Å². The van der Waals surface area contributed by atoms with E-state index in [0.29, 0.717) is 46.0 Å². The molecule has 0 saturated carbocycles. The quantitative estimate of drug-likeness (QED) is 0.243. The Labute approximate surface area is 188 Å². The van der Waals surface area contributed by atoms with Crippen LogP contribution in [0.5, 0.6) is 0 Å². The number of carbonyl (C=O) groups excluding carboxylic acids is 1. The van der Waals surface area contributed by atoms with Crippen molar-refractivity contribution in [3.63, 3.8) is 0 Å². The van der Waals surface area contributed by atoms with Crippen LogP contribution in [-0.2, 0) is 9.53 Å². The summed E-state index contributed by atoms with van der Waals surface area (Å²) in [6.45, 7) is 4.40. The van der Waals surface area contributed by atoms with Gasteiger partial charge in [0, 0.05) is 22.1 Å². The molecule has 1 aliphatic rings. The minimum absolute atomic E-state index is 0.189. The summed E-state index contributed by atoms with van der Waals surface area (Å²) in [6, 6.07) is 15.5. The molecule has 0 radical (unpaired) electrons. The number of fused-ring (bicyclic) bond motifs is 1. The molecule has 1 amide bonds. The second-order valence-corrected chi connectivity index (χ2v) is 8.95. The van der Waals surface area contributed by atoms with Crippen LogP contribution in [0, 0.1) is 0 Å². The number of benzene rings is 2. The van der Waals surface area contributed by atoms with Crippen molar-refractivity contribution in [2.45, 2.75) is 25.2 Å². The fourth-order valence-corrected chi connectivity index (χ4v) is 4.99. The van der Waals surface area contributed by atoms with E-state index in [1.165, 1.54) is 16.3 Å². The Bertz CT molecular complexity index is 1110. The van der Waals surface area contributed by atoms with E-state index in [1.54, 1.807) is 11.8 Å². The molecule has 0 aliphatic carbocycles. The highest BCUT2D eigenvalue weighted by molar-refractivity contribution is 8.00. The lowest BCUT2D eigenvalue weighted by molar-refractivity contribution is -0.114. The fraction of sp³-hybridized carbons (Fsp3) is 0.227. The summed E-state index contributed by atoms with van der Waals surface area (Å²) in [5.41, 5.74) is 2.10. The molecular formula is C22H20ClN3O2S2. The van der Waals surface area contributed by atoms with Crippen molar-refractivity contribution in [1.82, 2.24) is 4.98 Å². The highest BCUT2D eigenvalue weighted by atomic mass is 35.5. The summed E-state index contributed by atoms with van der Waals surface area (Å²) >= 11 is 9.04. The average molecular weight is 458 g/mol. The lowest BCUT2D eigenvalue weighted by atomic mass is 10.1. The Morgan fingerprint density at radius 2 is 1.93 bits per heavy atom. The van der Waals surface area contributed by atoms with Crippen LogP contribution >= 0.6 is 34.7 Å². The number of allylic oxidation sites excluding steroid dienone is 1. The first-order valence-electron chi connectivity index (χ1n) is 9.63. The number of hydrazone groups is 1. The van der Waals surface area contributed by atoms with Gasteiger partial charge in [0.25, 0.3) is 5.91 Å². The molecule has 0 spiro atoms. The third-order valence-corrected chi connectivity index (χ3v) is 6.77. The summed E-state index contributed by atoms with van der Waals surface area (Å²) < 4.78 is 6.81. The molecule has 1 aliphatic heterocycles. The van der Waals surface area contributed by atoms with Crippen LogP contribution in [0.1, 0.15) is 20.3 Å². The van der Waals surface area contributed by atoms with E-state index < -0.39 is 0 Å². The summed E-state index contributed by atoms with van der Waals surface area (Å²) in [4.78, 5) is 19.0. The largest absolute Gasteiger partial charge is 0.497 e. The standard InChI is InChI=1S/C22H20ClN3O2S2/c1-3-18(28-4-2)20-17(13-29-15-11-9-14(23)10-12-15)25-26(21(20)27)22-24-16-7-5-6-8-19(16)30-22/h5-12H,3-4,13H2,1-2H3. The van der Waals surface area contributed by atoms with Crippen LogP contribution in [0.4, 0.5) is 5.13 Å². The number of hydrogen-bond donors (Lipinski definition) is 0. The van der Waals surface area contributed by atoms with Crippen molar-refractivity contribution in [2.24, 2.45) is 5.10 Å². The number of amides is 1. The van der Waals surface area contributed by atoms with E-state index in [9.17, 15) is 4.79 Å². The SMILES string of the molecule is CCOC(CC)=C1C(=O)N(c2nc3ccccc3s2)N=C1CSc1ccc(Cl)cc1. The maximum absolute atomic E-state index is 13.3. The number of carbonyl (C=O) groups is 1. The van der Waals surface area contributed by atoms with Gasteiger partial charge in [0.2, 0.25) is 5.13 Å². The van der Waals surface area contributed by atoms with Gasteiger partial charge in [-0.1, -0.05) is 42.0 Å². The maximum atomic E-state index is 13.3. The van der Waals surface area contributed by atoms with E-state index in [0.717, 1.165) is 15.1 Å². The van der Waals surface area contributed by atoms with Gasteiger partial charge >= 0.3 is 0 Å². The molecule has 0 atom stereocenters. The Morgan fingerprint density at radius 1 is 1.17 bits per heavy atom. The van der Waals surface area contributed by atoms with Gasteiger partial charge in [0.05, 0.1) is 22.5 Å². The number of ether oxygens (including phenoxy) is 1. The van der Waals surface area contributed by atoms with Crippen LogP contribution in [0.2, 0.25) is 5.02 Å². The molecule has 30 heavy (non-hydrogen) atoms. The van der Waals surface area contributed by atoms with E-state index >= 15 is 0 Å². The van der Waals surface area contributed by atoms with Crippen LogP contribution in [0.25, 0.3) is 10.2 Å². The molecule has 1 aromatic heterocycles. The molecule has 8 heteroatoms. The number of anilines is 1. The molecule has 0 fully saturated rings. The predicted octanol–water partition coefficient (Wildman–Crippen LogP) is 6.15. The van der Waals surface area contributed by atoms with Gasteiger partial charge < -0.3 is 4.74 Å². The number of thioether (sulfide) groups is 1. The van der Waals surface area contributed by atoms with Gasteiger partial charge in [-0.05, 0) is 43.3 Å². The van der Waals surface area contributed by atoms with Crippen LogP contribution in [0.3, 0.4) is 0 Å². The number of halogens is 1. The molecule has 2 heterocycles. The van der Waals surface area contributed by atoms with Crippen molar-refractivity contribution in [3.8, 4) is 0 Å². The Hall–Kier alpha value is -2.35. The lowest BCUT2D eigenvalue weighted by Gasteiger charge is -2.11. The van der Waals surface area contributed by atoms with Gasteiger partial charge in [0.1, 0.15) is 11.3 Å². The van der Waals surface area contributed by atoms with Crippen molar-refractivity contribution >= 4 is 61.7 Å². The minimum atomic E-state index is -0.189. The predicted molar refractivity (Wildman–Crippen MR) is 126 cm³/mol. The zero-order valence-corrected chi connectivity index (χ0v) is 19.0. The van der Waals surface area contributed by atoms with Gasteiger partial charge in [-0.15, -0.1) is 11.8 Å². The number of rotatable bonds is 7. The third-order valence-electron chi connectivity index (χ3n) is 4.49. The molecule has 0 N–H and O–H groups in total. The summed E-state index contributed by atoms with van der Waals surface area (Å²) in [5, 5.41) is 7.33. The average Bonchev–Trinajstić information content (AvgIpc) is 3.32. The van der Waals surface area contributed by atoms with Crippen LogP contribution in [-0.4, -0.2) is 29.0 Å². The monoisotopic (exact) mass is 457 g/mol. The normalized spacial score (nSPS) is 15.6.